The molecule has 0 amide bonds. The van der Waals surface area contributed by atoms with Crippen molar-refractivity contribution in [3.63, 3.8) is 0 Å². The SMILES string of the molecule is CC1CN(S(=O)(=O)c2cccc(-c3csc(NN=Cc4ccc(Cl)cc4)n3)c2)CC(C)O1. The van der Waals surface area contributed by atoms with Gasteiger partial charge in [0.25, 0.3) is 0 Å². The van der Waals surface area contributed by atoms with Crippen LogP contribution in [0, 0.1) is 0 Å². The van der Waals surface area contributed by atoms with Gasteiger partial charge in [0.1, 0.15) is 0 Å². The van der Waals surface area contributed by atoms with Gasteiger partial charge in [-0.05, 0) is 43.7 Å². The van der Waals surface area contributed by atoms with Crippen LogP contribution in [-0.4, -0.2) is 49.2 Å². The molecule has 0 bridgehead atoms. The van der Waals surface area contributed by atoms with Crippen LogP contribution in [0.15, 0.2) is 63.9 Å². The molecule has 0 radical (unpaired) electrons. The number of ether oxygens (including phenoxy) is 1. The molecule has 7 nitrogen and oxygen atoms in total. The van der Waals surface area contributed by atoms with E-state index in [2.05, 4.69) is 15.5 Å². The largest absolute Gasteiger partial charge is 0.373 e. The molecule has 0 spiro atoms. The van der Waals surface area contributed by atoms with Gasteiger partial charge in [0.15, 0.2) is 0 Å². The molecule has 1 aromatic heterocycles. The van der Waals surface area contributed by atoms with Crippen molar-refractivity contribution in [1.29, 1.82) is 0 Å². The van der Waals surface area contributed by atoms with Gasteiger partial charge in [-0.25, -0.2) is 13.4 Å². The van der Waals surface area contributed by atoms with Crippen LogP contribution in [-0.2, 0) is 14.8 Å². The Hall–Kier alpha value is -2.30. The van der Waals surface area contributed by atoms with Crippen LogP contribution in [0.1, 0.15) is 19.4 Å². The number of rotatable bonds is 6. The average molecular weight is 491 g/mol. The summed E-state index contributed by atoms with van der Waals surface area (Å²) < 4.78 is 33.5. The lowest BCUT2D eigenvalue weighted by Crippen LogP contribution is -2.48. The van der Waals surface area contributed by atoms with Crippen molar-refractivity contribution in [1.82, 2.24) is 9.29 Å². The van der Waals surface area contributed by atoms with Gasteiger partial charge in [-0.1, -0.05) is 35.9 Å². The molecule has 10 heteroatoms. The van der Waals surface area contributed by atoms with E-state index in [9.17, 15) is 8.42 Å². The van der Waals surface area contributed by atoms with Crippen molar-refractivity contribution in [2.45, 2.75) is 31.0 Å². The molecule has 1 fully saturated rings. The molecule has 1 aliphatic heterocycles. The van der Waals surface area contributed by atoms with E-state index in [4.69, 9.17) is 16.3 Å². The fourth-order valence-corrected chi connectivity index (χ4v) is 5.89. The Bertz CT molecular complexity index is 1200. The van der Waals surface area contributed by atoms with Crippen molar-refractivity contribution in [3.8, 4) is 11.3 Å². The predicted octanol–water partition coefficient (Wildman–Crippen LogP) is 4.71. The highest BCUT2D eigenvalue weighted by Crippen LogP contribution is 2.28. The maximum Gasteiger partial charge on any atom is 0.243 e. The molecule has 0 aliphatic carbocycles. The number of nitrogens with zero attached hydrogens (tertiary/aromatic N) is 3. The van der Waals surface area contributed by atoms with Gasteiger partial charge in [-0.15, -0.1) is 11.3 Å². The number of sulfonamides is 1. The second-order valence-corrected chi connectivity index (χ2v) is 10.8. The van der Waals surface area contributed by atoms with E-state index in [0.29, 0.717) is 28.9 Å². The van der Waals surface area contributed by atoms with E-state index < -0.39 is 10.0 Å². The molecule has 2 unspecified atom stereocenters. The molecule has 2 atom stereocenters. The Morgan fingerprint density at radius 3 is 2.62 bits per heavy atom. The zero-order valence-corrected chi connectivity index (χ0v) is 20.0. The third-order valence-corrected chi connectivity index (χ3v) is 7.73. The Morgan fingerprint density at radius 1 is 1.19 bits per heavy atom. The average Bonchev–Trinajstić information content (AvgIpc) is 3.23. The minimum atomic E-state index is -3.62. The second-order valence-electron chi connectivity index (χ2n) is 7.57. The molecular formula is C22H23ClN4O3S2. The van der Waals surface area contributed by atoms with Crippen molar-refractivity contribution in [2.24, 2.45) is 5.10 Å². The minimum Gasteiger partial charge on any atom is -0.373 e. The van der Waals surface area contributed by atoms with Gasteiger partial charge in [0.2, 0.25) is 15.2 Å². The Balaban J connectivity index is 1.49. The van der Waals surface area contributed by atoms with Crippen molar-refractivity contribution in [2.75, 3.05) is 18.5 Å². The van der Waals surface area contributed by atoms with Crippen molar-refractivity contribution < 1.29 is 13.2 Å². The number of benzene rings is 2. The summed E-state index contributed by atoms with van der Waals surface area (Å²) in [5, 5.41) is 7.34. The molecular weight excluding hydrogens is 468 g/mol. The minimum absolute atomic E-state index is 0.141. The highest BCUT2D eigenvalue weighted by atomic mass is 35.5. The number of morpholine rings is 1. The summed E-state index contributed by atoms with van der Waals surface area (Å²) in [7, 11) is -3.62. The Morgan fingerprint density at radius 2 is 1.91 bits per heavy atom. The molecule has 1 aliphatic rings. The van der Waals surface area contributed by atoms with Crippen LogP contribution >= 0.6 is 22.9 Å². The smallest absolute Gasteiger partial charge is 0.243 e. The number of aromatic nitrogens is 1. The van der Waals surface area contributed by atoms with E-state index >= 15 is 0 Å². The number of anilines is 1. The molecule has 4 rings (SSSR count). The van der Waals surface area contributed by atoms with Crippen LogP contribution in [0.3, 0.4) is 0 Å². The van der Waals surface area contributed by atoms with Crippen molar-refractivity contribution >= 4 is 44.3 Å². The third kappa shape index (κ3) is 5.36. The summed E-state index contributed by atoms with van der Waals surface area (Å²) in [5.74, 6) is 0. The highest BCUT2D eigenvalue weighted by molar-refractivity contribution is 7.89. The first-order chi connectivity index (χ1) is 15.3. The van der Waals surface area contributed by atoms with Crippen LogP contribution in [0.2, 0.25) is 5.02 Å². The fraction of sp³-hybridized carbons (Fsp3) is 0.273. The molecule has 1 saturated heterocycles. The number of hydrazone groups is 1. The summed E-state index contributed by atoms with van der Waals surface area (Å²) in [6, 6.07) is 14.2. The zero-order chi connectivity index (χ0) is 22.7. The van der Waals surface area contributed by atoms with Gasteiger partial charge in [0.05, 0.1) is 29.0 Å². The summed E-state index contributed by atoms with van der Waals surface area (Å²) in [5.41, 5.74) is 5.22. The Labute approximate surface area is 196 Å². The van der Waals surface area contributed by atoms with Gasteiger partial charge < -0.3 is 4.74 Å². The van der Waals surface area contributed by atoms with E-state index in [1.807, 2.05) is 37.4 Å². The first-order valence-corrected chi connectivity index (χ1v) is 12.8. The predicted molar refractivity (Wildman–Crippen MR) is 129 cm³/mol. The van der Waals surface area contributed by atoms with Gasteiger partial charge in [-0.2, -0.15) is 9.41 Å². The number of hydrogen-bond donors (Lipinski definition) is 1. The monoisotopic (exact) mass is 490 g/mol. The van der Waals surface area contributed by atoms with Crippen LogP contribution in [0.25, 0.3) is 11.3 Å². The summed E-state index contributed by atoms with van der Waals surface area (Å²) >= 11 is 7.27. The number of nitrogens with one attached hydrogen (secondary N) is 1. The quantitative estimate of drug-likeness (QED) is 0.399. The van der Waals surface area contributed by atoms with Crippen LogP contribution in [0.4, 0.5) is 5.13 Å². The van der Waals surface area contributed by atoms with Gasteiger partial charge in [-0.3, -0.25) is 5.43 Å². The van der Waals surface area contributed by atoms with Crippen LogP contribution in [0.5, 0.6) is 0 Å². The highest BCUT2D eigenvalue weighted by Gasteiger charge is 2.32. The number of hydrogen-bond acceptors (Lipinski definition) is 7. The molecule has 2 aromatic carbocycles. The summed E-state index contributed by atoms with van der Waals surface area (Å²) in [4.78, 5) is 4.78. The molecule has 168 valence electrons. The molecule has 1 N–H and O–H groups in total. The van der Waals surface area contributed by atoms with E-state index in [-0.39, 0.29) is 17.1 Å². The second kappa shape index (κ2) is 9.68. The van der Waals surface area contributed by atoms with Gasteiger partial charge >= 0.3 is 0 Å². The maximum atomic E-state index is 13.2. The first-order valence-electron chi connectivity index (χ1n) is 10.1. The van der Waals surface area contributed by atoms with E-state index in [0.717, 1.165) is 11.1 Å². The lowest BCUT2D eigenvalue weighted by Gasteiger charge is -2.34. The summed E-state index contributed by atoms with van der Waals surface area (Å²) in [6.45, 7) is 4.45. The molecule has 0 saturated carbocycles. The molecule has 3 aromatic rings. The van der Waals surface area contributed by atoms with E-state index in [1.54, 1.807) is 36.5 Å². The topological polar surface area (TPSA) is 83.9 Å². The normalized spacial score (nSPS) is 20.0. The number of halogens is 1. The standard InChI is InChI=1S/C22H23ClN4O3S2/c1-15-12-27(13-16(2)30-15)32(28,29)20-5-3-4-18(10-20)21-14-31-22(25-21)26-24-11-17-6-8-19(23)9-7-17/h3-11,14-16H,12-13H2,1-2H3,(H,25,26). The van der Waals surface area contributed by atoms with Crippen LogP contribution < -0.4 is 5.43 Å². The lowest BCUT2D eigenvalue weighted by atomic mass is 10.2. The zero-order valence-electron chi connectivity index (χ0n) is 17.6. The Kier molecular flexibility index (Phi) is 6.92. The first kappa shape index (κ1) is 22.9. The molecule has 32 heavy (non-hydrogen) atoms. The molecule has 2 heterocycles. The third-order valence-electron chi connectivity index (χ3n) is 4.90. The summed E-state index contributed by atoms with van der Waals surface area (Å²) in [6.07, 6.45) is 1.39. The lowest BCUT2D eigenvalue weighted by molar-refractivity contribution is -0.0440. The fourth-order valence-electron chi connectivity index (χ4n) is 3.46. The van der Waals surface area contributed by atoms with Crippen molar-refractivity contribution in [3.05, 3.63) is 64.5 Å². The van der Waals surface area contributed by atoms with Gasteiger partial charge in [0, 0.05) is 29.1 Å². The van der Waals surface area contributed by atoms with E-state index in [1.165, 1.54) is 15.6 Å². The maximum absolute atomic E-state index is 13.2. The number of thiazole rings is 1.